The Labute approximate surface area is 232 Å². The molecule has 0 aromatic heterocycles. The maximum Gasteiger partial charge on any atom is 0.146 e. The van der Waals surface area contributed by atoms with Crippen LogP contribution in [0.3, 0.4) is 0 Å². The highest BCUT2D eigenvalue weighted by Crippen LogP contribution is 2.43. The van der Waals surface area contributed by atoms with Gasteiger partial charge in [-0.1, -0.05) is 62.2 Å². The smallest absolute Gasteiger partial charge is 0.146 e. The molecule has 2 aliphatic rings. The van der Waals surface area contributed by atoms with Crippen molar-refractivity contribution in [2.45, 2.75) is 37.9 Å². The Hall–Kier alpha value is -2.90. The zero-order chi connectivity index (χ0) is 26.2. The molecule has 1 heterocycles. The van der Waals surface area contributed by atoms with E-state index in [-0.39, 0.29) is 23.7 Å². The molecule has 0 spiro atoms. The first kappa shape index (κ1) is 25.7. The summed E-state index contributed by atoms with van der Waals surface area (Å²) in [6.07, 6.45) is 7.12. The molecule has 3 aromatic rings. The van der Waals surface area contributed by atoms with Crippen molar-refractivity contribution in [3.8, 4) is 0 Å². The van der Waals surface area contributed by atoms with Crippen LogP contribution in [0.4, 0.5) is 14.5 Å². The second-order valence-electron chi connectivity index (χ2n) is 9.22. The molecule has 0 amide bonds. The van der Waals surface area contributed by atoms with Gasteiger partial charge in [0.2, 0.25) is 0 Å². The zero-order valence-electron chi connectivity index (χ0n) is 20.4. The second-order valence-corrected chi connectivity index (χ2v) is 11.1. The SMILES string of the molecule is CC(=Nc1ccc(Br)cc1)C1(c2ccc(F)cc2)N=C(c2ccc(F)cc2)N(C2C=CC(Br)=CC2)C1C. The quantitative estimate of drug-likeness (QED) is 0.262. The molecule has 1 aliphatic carbocycles. The lowest BCUT2D eigenvalue weighted by atomic mass is 9.80. The van der Waals surface area contributed by atoms with Gasteiger partial charge in [-0.15, -0.1) is 0 Å². The highest BCUT2D eigenvalue weighted by Gasteiger charge is 2.51. The van der Waals surface area contributed by atoms with Crippen LogP contribution in [0.5, 0.6) is 0 Å². The van der Waals surface area contributed by atoms with Crippen molar-refractivity contribution in [3.63, 3.8) is 0 Å². The van der Waals surface area contributed by atoms with Gasteiger partial charge in [0.25, 0.3) is 0 Å². The average Bonchev–Trinajstić information content (AvgIpc) is 3.20. The van der Waals surface area contributed by atoms with Gasteiger partial charge in [-0.25, -0.2) is 13.8 Å². The summed E-state index contributed by atoms with van der Waals surface area (Å²) in [4.78, 5) is 12.7. The second kappa shape index (κ2) is 10.5. The average molecular weight is 625 g/mol. The molecule has 7 heteroatoms. The van der Waals surface area contributed by atoms with Gasteiger partial charge in [0.05, 0.1) is 17.8 Å². The predicted octanol–water partition coefficient (Wildman–Crippen LogP) is 8.47. The fraction of sp³-hybridized carbons (Fsp3) is 0.200. The Morgan fingerprint density at radius 2 is 1.57 bits per heavy atom. The van der Waals surface area contributed by atoms with Crippen LogP contribution in [-0.4, -0.2) is 28.5 Å². The van der Waals surface area contributed by atoms with Crippen LogP contribution >= 0.6 is 31.9 Å². The summed E-state index contributed by atoms with van der Waals surface area (Å²) in [6.45, 7) is 4.11. The summed E-state index contributed by atoms with van der Waals surface area (Å²) in [5.74, 6) is 0.143. The molecule has 5 rings (SSSR count). The highest BCUT2D eigenvalue weighted by molar-refractivity contribution is 9.12. The molecule has 0 fully saturated rings. The number of aliphatic imine (C=N–C) groups is 2. The first-order valence-electron chi connectivity index (χ1n) is 12.0. The zero-order valence-corrected chi connectivity index (χ0v) is 23.5. The number of hydrogen-bond acceptors (Lipinski definition) is 3. The molecule has 0 saturated heterocycles. The lowest BCUT2D eigenvalue weighted by molar-refractivity contribution is 0.257. The third-order valence-electron chi connectivity index (χ3n) is 7.00. The van der Waals surface area contributed by atoms with Gasteiger partial charge in [-0.3, -0.25) is 4.99 Å². The first-order valence-corrected chi connectivity index (χ1v) is 13.6. The topological polar surface area (TPSA) is 28.0 Å². The Kier molecular flexibility index (Phi) is 7.28. The van der Waals surface area contributed by atoms with E-state index < -0.39 is 5.54 Å². The number of halogens is 4. The lowest BCUT2D eigenvalue weighted by Crippen LogP contribution is -2.50. The number of amidine groups is 1. The Bertz CT molecular complexity index is 1410. The van der Waals surface area contributed by atoms with Gasteiger partial charge < -0.3 is 4.90 Å². The van der Waals surface area contributed by atoms with E-state index in [0.29, 0.717) is 0 Å². The minimum Gasteiger partial charge on any atom is -0.344 e. The fourth-order valence-corrected chi connectivity index (χ4v) is 5.75. The van der Waals surface area contributed by atoms with Crippen LogP contribution in [0.15, 0.2) is 110 Å². The van der Waals surface area contributed by atoms with E-state index in [1.54, 1.807) is 24.3 Å². The molecule has 3 unspecified atom stereocenters. The van der Waals surface area contributed by atoms with E-state index in [1.165, 1.54) is 24.3 Å². The standard InChI is InChI=1S/C30H25Br2F2N3/c1-19(35-27-15-7-23(31)8-16-27)30(22-5-13-26(34)14-6-22)20(2)37(28-17-9-24(32)10-18-28)29(36-30)21-3-11-25(33)12-4-21/h3-17,20,28H,18H2,1-2H3. The fourth-order valence-electron chi connectivity index (χ4n) is 5.15. The number of allylic oxidation sites excluding steroid dienone is 2. The maximum atomic E-state index is 14.0. The van der Waals surface area contributed by atoms with E-state index in [0.717, 1.165) is 43.7 Å². The molecule has 3 aromatic carbocycles. The van der Waals surface area contributed by atoms with E-state index >= 15 is 0 Å². The molecule has 1 aliphatic heterocycles. The largest absolute Gasteiger partial charge is 0.344 e. The van der Waals surface area contributed by atoms with Gasteiger partial charge in [-0.05, 0) is 86.5 Å². The van der Waals surface area contributed by atoms with Gasteiger partial charge in [0.1, 0.15) is 23.0 Å². The molecular formula is C30H25Br2F2N3. The number of hydrogen-bond donors (Lipinski definition) is 0. The van der Waals surface area contributed by atoms with Crippen LogP contribution in [0.1, 0.15) is 31.4 Å². The van der Waals surface area contributed by atoms with Crippen LogP contribution in [0.2, 0.25) is 0 Å². The summed E-state index contributed by atoms with van der Waals surface area (Å²) in [5.41, 5.74) is 2.36. The van der Waals surface area contributed by atoms with Crippen molar-refractivity contribution in [2.75, 3.05) is 0 Å². The molecule has 0 saturated carbocycles. The molecule has 0 bridgehead atoms. The molecular weight excluding hydrogens is 600 g/mol. The third-order valence-corrected chi connectivity index (χ3v) is 8.12. The van der Waals surface area contributed by atoms with E-state index in [2.05, 4.69) is 55.8 Å². The molecule has 0 radical (unpaired) electrons. The van der Waals surface area contributed by atoms with E-state index in [4.69, 9.17) is 9.98 Å². The molecule has 0 N–H and O–H groups in total. The summed E-state index contributed by atoms with van der Waals surface area (Å²) in [7, 11) is 0. The van der Waals surface area contributed by atoms with Crippen molar-refractivity contribution < 1.29 is 8.78 Å². The number of nitrogens with zero attached hydrogens (tertiary/aromatic N) is 3. The normalized spacial score (nSPS) is 23.7. The molecule has 188 valence electrons. The molecule has 3 nitrogen and oxygen atoms in total. The van der Waals surface area contributed by atoms with Crippen LogP contribution < -0.4 is 0 Å². The molecule has 3 atom stereocenters. The van der Waals surface area contributed by atoms with E-state index in [1.807, 2.05) is 37.3 Å². The molecule has 37 heavy (non-hydrogen) atoms. The number of rotatable bonds is 5. The van der Waals surface area contributed by atoms with Crippen molar-refractivity contribution >= 4 is 49.1 Å². The maximum absolute atomic E-state index is 14.0. The summed E-state index contributed by atoms with van der Waals surface area (Å²) in [6, 6.07) is 20.6. The van der Waals surface area contributed by atoms with Crippen molar-refractivity contribution in [1.82, 2.24) is 4.90 Å². The van der Waals surface area contributed by atoms with Gasteiger partial charge in [0, 0.05) is 20.2 Å². The summed E-state index contributed by atoms with van der Waals surface area (Å²) >= 11 is 7.05. The first-order chi connectivity index (χ1) is 17.8. The summed E-state index contributed by atoms with van der Waals surface area (Å²) in [5, 5.41) is 0. The van der Waals surface area contributed by atoms with Crippen LogP contribution in [0, 0.1) is 11.6 Å². The van der Waals surface area contributed by atoms with Gasteiger partial charge in [-0.2, -0.15) is 0 Å². The Balaban J connectivity index is 1.72. The van der Waals surface area contributed by atoms with Crippen molar-refractivity contribution in [2.24, 2.45) is 9.98 Å². The Morgan fingerprint density at radius 3 is 2.16 bits per heavy atom. The minimum atomic E-state index is -0.892. The Morgan fingerprint density at radius 1 is 0.946 bits per heavy atom. The third kappa shape index (κ3) is 4.99. The number of benzene rings is 3. The lowest BCUT2D eigenvalue weighted by Gasteiger charge is -2.39. The predicted molar refractivity (Wildman–Crippen MR) is 154 cm³/mol. The highest BCUT2D eigenvalue weighted by atomic mass is 79.9. The van der Waals surface area contributed by atoms with Crippen LogP contribution in [0.25, 0.3) is 0 Å². The summed E-state index contributed by atoms with van der Waals surface area (Å²) < 4.78 is 29.9. The minimum absolute atomic E-state index is 0.0305. The van der Waals surface area contributed by atoms with Crippen molar-refractivity contribution in [3.05, 3.63) is 123 Å². The monoisotopic (exact) mass is 623 g/mol. The van der Waals surface area contributed by atoms with Gasteiger partial charge >= 0.3 is 0 Å². The van der Waals surface area contributed by atoms with Crippen molar-refractivity contribution in [1.29, 1.82) is 0 Å². The van der Waals surface area contributed by atoms with Gasteiger partial charge in [0.15, 0.2) is 0 Å². The van der Waals surface area contributed by atoms with Crippen LogP contribution in [-0.2, 0) is 5.54 Å². The van der Waals surface area contributed by atoms with E-state index in [9.17, 15) is 8.78 Å².